The first-order valence-corrected chi connectivity index (χ1v) is 6.45. The molecule has 3 nitrogen and oxygen atoms in total. The summed E-state index contributed by atoms with van der Waals surface area (Å²) < 4.78 is 57.4. The topological polar surface area (TPSA) is 47.6 Å². The van der Waals surface area contributed by atoms with Crippen LogP contribution in [0.1, 0.15) is 18.9 Å². The summed E-state index contributed by atoms with van der Waals surface area (Å²) in [5.74, 6) is -0.643. The fourth-order valence-electron chi connectivity index (χ4n) is 2.13. The highest BCUT2D eigenvalue weighted by Gasteiger charge is 2.49. The number of ether oxygens (including phenoxy) is 1. The normalized spacial score (nSPS) is 26.9. The lowest BCUT2D eigenvalue weighted by Gasteiger charge is -2.35. The number of hydrogen-bond acceptors (Lipinski definition) is 3. The van der Waals surface area contributed by atoms with Crippen LogP contribution < -0.4 is 5.73 Å². The molecule has 0 radical (unpaired) electrons. The maximum Gasteiger partial charge on any atom is 0.425 e. The van der Waals surface area contributed by atoms with Crippen LogP contribution in [0.3, 0.4) is 0 Å². The van der Waals surface area contributed by atoms with Gasteiger partial charge in [-0.25, -0.2) is 9.38 Å². The molecule has 0 aromatic heterocycles. The van der Waals surface area contributed by atoms with Crippen LogP contribution >= 0.6 is 15.9 Å². The van der Waals surface area contributed by atoms with Gasteiger partial charge in [0.1, 0.15) is 5.82 Å². The van der Waals surface area contributed by atoms with E-state index in [1.165, 1.54) is 19.1 Å². The zero-order chi connectivity index (χ0) is 15.1. The van der Waals surface area contributed by atoms with Crippen LogP contribution in [0.4, 0.5) is 17.6 Å². The summed E-state index contributed by atoms with van der Waals surface area (Å²) in [6, 6.07) is 3.41. The van der Waals surface area contributed by atoms with Crippen LogP contribution in [-0.2, 0) is 10.3 Å². The number of halogens is 5. The van der Waals surface area contributed by atoms with Crippen molar-refractivity contribution in [2.24, 2.45) is 10.7 Å². The fourth-order valence-corrected chi connectivity index (χ4v) is 2.49. The third-order valence-corrected chi connectivity index (χ3v) is 3.57. The number of nitrogens with two attached hydrogens (primary N) is 1. The second-order valence-corrected chi connectivity index (χ2v) is 5.62. The Hall–Kier alpha value is -1.31. The first-order chi connectivity index (χ1) is 9.12. The molecule has 8 heteroatoms. The molecule has 2 atom stereocenters. The highest BCUT2D eigenvalue weighted by molar-refractivity contribution is 9.10. The first kappa shape index (κ1) is 15.1. The van der Waals surface area contributed by atoms with Crippen LogP contribution in [0.25, 0.3) is 0 Å². The van der Waals surface area contributed by atoms with Gasteiger partial charge in [0.25, 0.3) is 6.02 Å². The molecule has 1 aliphatic rings. The lowest BCUT2D eigenvalue weighted by Crippen LogP contribution is -2.46. The van der Waals surface area contributed by atoms with E-state index in [-0.39, 0.29) is 5.56 Å². The predicted octanol–water partition coefficient (Wildman–Crippen LogP) is 3.47. The Morgan fingerprint density at radius 2 is 2.10 bits per heavy atom. The van der Waals surface area contributed by atoms with Crippen molar-refractivity contribution in [1.82, 2.24) is 0 Å². The SMILES string of the molecule is CC1(c2cc(Br)ccc2F)CC(C(F)(F)F)OC(N)=N1. The zero-order valence-corrected chi connectivity index (χ0v) is 11.9. The third kappa shape index (κ3) is 2.89. The van der Waals surface area contributed by atoms with E-state index in [1.54, 1.807) is 0 Å². The molecular formula is C12H11BrF4N2O. The average Bonchev–Trinajstić information content (AvgIpc) is 2.30. The van der Waals surface area contributed by atoms with E-state index in [4.69, 9.17) is 5.73 Å². The van der Waals surface area contributed by atoms with Gasteiger partial charge in [-0.1, -0.05) is 15.9 Å². The molecule has 110 valence electrons. The van der Waals surface area contributed by atoms with Crippen molar-refractivity contribution >= 4 is 22.0 Å². The van der Waals surface area contributed by atoms with Gasteiger partial charge in [-0.2, -0.15) is 13.2 Å². The molecule has 1 aromatic carbocycles. The Labute approximate surface area is 120 Å². The molecule has 1 heterocycles. The highest BCUT2D eigenvalue weighted by Crippen LogP contribution is 2.41. The van der Waals surface area contributed by atoms with Gasteiger partial charge in [0.05, 0.1) is 5.54 Å². The van der Waals surface area contributed by atoms with Gasteiger partial charge in [0.15, 0.2) is 6.10 Å². The number of aliphatic imine (C=N–C) groups is 1. The third-order valence-electron chi connectivity index (χ3n) is 3.08. The number of nitrogens with zero attached hydrogens (tertiary/aromatic N) is 1. The van der Waals surface area contributed by atoms with Crippen molar-refractivity contribution in [3.8, 4) is 0 Å². The predicted molar refractivity (Wildman–Crippen MR) is 68.6 cm³/mol. The van der Waals surface area contributed by atoms with E-state index in [0.29, 0.717) is 4.47 Å². The monoisotopic (exact) mass is 354 g/mol. The van der Waals surface area contributed by atoms with Crippen LogP contribution in [0, 0.1) is 5.82 Å². The summed E-state index contributed by atoms with van der Waals surface area (Å²) in [4.78, 5) is 3.86. The molecule has 0 spiro atoms. The van der Waals surface area contributed by atoms with E-state index in [2.05, 4.69) is 25.7 Å². The first-order valence-electron chi connectivity index (χ1n) is 5.66. The molecular weight excluding hydrogens is 344 g/mol. The Morgan fingerprint density at radius 3 is 2.70 bits per heavy atom. The molecule has 0 saturated heterocycles. The summed E-state index contributed by atoms with van der Waals surface area (Å²) in [6.07, 6.45) is -7.24. The molecule has 0 amide bonds. The molecule has 0 aliphatic carbocycles. The molecule has 0 fully saturated rings. The van der Waals surface area contributed by atoms with Crippen LogP contribution in [-0.4, -0.2) is 18.3 Å². The molecule has 2 unspecified atom stereocenters. The molecule has 1 aromatic rings. The van der Waals surface area contributed by atoms with Gasteiger partial charge >= 0.3 is 6.18 Å². The number of rotatable bonds is 1. The fraction of sp³-hybridized carbons (Fsp3) is 0.417. The number of benzene rings is 1. The van der Waals surface area contributed by atoms with E-state index in [9.17, 15) is 17.6 Å². The van der Waals surface area contributed by atoms with Gasteiger partial charge in [0, 0.05) is 16.5 Å². The molecule has 2 N–H and O–H groups in total. The standard InChI is InChI=1S/C12H11BrF4N2O/c1-11(7-4-6(13)2-3-8(7)14)5-9(12(15,16)17)20-10(18)19-11/h2-4,9H,5H2,1H3,(H2,18,19). The van der Waals surface area contributed by atoms with Gasteiger partial charge < -0.3 is 10.5 Å². The Bertz CT molecular complexity index is 561. The molecule has 2 rings (SSSR count). The minimum Gasteiger partial charge on any atom is -0.452 e. The lowest BCUT2D eigenvalue weighted by molar-refractivity contribution is -0.208. The van der Waals surface area contributed by atoms with Crippen molar-refractivity contribution in [2.45, 2.75) is 31.2 Å². The van der Waals surface area contributed by atoms with Crippen molar-refractivity contribution in [1.29, 1.82) is 0 Å². The van der Waals surface area contributed by atoms with E-state index in [0.717, 1.165) is 6.07 Å². The van der Waals surface area contributed by atoms with Crippen LogP contribution in [0.5, 0.6) is 0 Å². The quantitative estimate of drug-likeness (QED) is 0.785. The summed E-state index contributed by atoms with van der Waals surface area (Å²) in [7, 11) is 0. The van der Waals surface area contributed by atoms with E-state index >= 15 is 0 Å². The van der Waals surface area contributed by atoms with Crippen molar-refractivity contribution in [3.05, 3.63) is 34.1 Å². The molecule has 0 bridgehead atoms. The molecule has 1 aliphatic heterocycles. The number of hydrogen-bond donors (Lipinski definition) is 1. The molecule has 20 heavy (non-hydrogen) atoms. The minimum atomic E-state index is -4.59. The van der Waals surface area contributed by atoms with E-state index in [1.807, 2.05) is 0 Å². The maximum absolute atomic E-state index is 13.9. The summed E-state index contributed by atoms with van der Waals surface area (Å²) in [5, 5.41) is 0. The maximum atomic E-state index is 13.9. The summed E-state index contributed by atoms with van der Waals surface area (Å²) in [5.41, 5.74) is 3.92. The summed E-state index contributed by atoms with van der Waals surface area (Å²) >= 11 is 3.16. The zero-order valence-electron chi connectivity index (χ0n) is 10.3. The largest absolute Gasteiger partial charge is 0.452 e. The van der Waals surface area contributed by atoms with E-state index < -0.39 is 36.1 Å². The van der Waals surface area contributed by atoms with Crippen LogP contribution in [0.2, 0.25) is 0 Å². The van der Waals surface area contributed by atoms with Gasteiger partial charge in [-0.3, -0.25) is 0 Å². The molecule has 0 saturated carbocycles. The Morgan fingerprint density at radius 1 is 1.45 bits per heavy atom. The van der Waals surface area contributed by atoms with Gasteiger partial charge in [-0.15, -0.1) is 0 Å². The lowest BCUT2D eigenvalue weighted by atomic mass is 9.85. The van der Waals surface area contributed by atoms with Crippen molar-refractivity contribution in [3.63, 3.8) is 0 Å². The summed E-state index contributed by atoms with van der Waals surface area (Å²) in [6.45, 7) is 1.39. The van der Waals surface area contributed by atoms with Crippen LogP contribution in [0.15, 0.2) is 27.7 Å². The Balaban J connectivity index is 2.48. The second kappa shape index (κ2) is 4.91. The van der Waals surface area contributed by atoms with Crippen molar-refractivity contribution < 1.29 is 22.3 Å². The Kier molecular flexibility index (Phi) is 3.70. The minimum absolute atomic E-state index is 0.0346. The van der Waals surface area contributed by atoms with Crippen molar-refractivity contribution in [2.75, 3.05) is 0 Å². The van der Waals surface area contributed by atoms with Gasteiger partial charge in [-0.05, 0) is 25.1 Å². The highest BCUT2D eigenvalue weighted by atomic mass is 79.9. The average molecular weight is 355 g/mol. The smallest absolute Gasteiger partial charge is 0.425 e. The number of alkyl halides is 3. The number of amidine groups is 1. The second-order valence-electron chi connectivity index (χ2n) is 4.70. The van der Waals surface area contributed by atoms with Gasteiger partial charge in [0.2, 0.25) is 0 Å².